The van der Waals surface area contributed by atoms with Crippen molar-refractivity contribution < 1.29 is 5.11 Å². The Morgan fingerprint density at radius 2 is 2.06 bits per heavy atom. The van der Waals surface area contributed by atoms with Gasteiger partial charge in [0.1, 0.15) is 5.75 Å². The molecule has 0 atom stereocenters. The van der Waals surface area contributed by atoms with Gasteiger partial charge in [-0.2, -0.15) is 0 Å². The van der Waals surface area contributed by atoms with Crippen LogP contribution in [0, 0.1) is 0 Å². The minimum Gasteiger partial charge on any atom is -0.507 e. The van der Waals surface area contributed by atoms with Crippen LogP contribution in [0.3, 0.4) is 0 Å². The Kier molecular flexibility index (Phi) is 3.38. The zero-order valence-electron chi connectivity index (χ0n) is 10.8. The smallest absolute Gasteiger partial charge is 0.125 e. The molecule has 1 heterocycles. The average molecular weight is 232 g/mol. The molecule has 1 N–H and O–H groups in total. The standard InChI is InChI=1S/C14H20N2O/c1-4-16-10-11(8-9-15(2)3)14-12(16)6-5-7-13(14)17/h5-7,10,17H,4,8-9H2,1-3H3. The number of phenols is 1. The maximum absolute atomic E-state index is 10.00. The number of nitrogens with zero attached hydrogens (tertiary/aromatic N) is 2. The van der Waals surface area contributed by atoms with Gasteiger partial charge in [0, 0.05) is 24.7 Å². The number of aromatic hydroxyl groups is 1. The van der Waals surface area contributed by atoms with E-state index in [4.69, 9.17) is 0 Å². The van der Waals surface area contributed by atoms with Crippen molar-refractivity contribution in [2.45, 2.75) is 19.9 Å². The van der Waals surface area contributed by atoms with Gasteiger partial charge in [-0.1, -0.05) is 6.07 Å². The average Bonchev–Trinajstić information content (AvgIpc) is 2.66. The van der Waals surface area contributed by atoms with Gasteiger partial charge in [0.25, 0.3) is 0 Å². The number of aryl methyl sites for hydroxylation is 1. The van der Waals surface area contributed by atoms with Gasteiger partial charge in [-0.15, -0.1) is 0 Å². The van der Waals surface area contributed by atoms with E-state index >= 15 is 0 Å². The van der Waals surface area contributed by atoms with Crippen LogP contribution in [0.4, 0.5) is 0 Å². The topological polar surface area (TPSA) is 28.4 Å². The van der Waals surface area contributed by atoms with Gasteiger partial charge < -0.3 is 14.6 Å². The van der Waals surface area contributed by atoms with E-state index in [1.807, 2.05) is 6.07 Å². The minimum absolute atomic E-state index is 0.392. The minimum atomic E-state index is 0.392. The number of rotatable bonds is 4. The monoisotopic (exact) mass is 232 g/mol. The second-order valence-electron chi connectivity index (χ2n) is 4.66. The predicted octanol–water partition coefficient (Wildman–Crippen LogP) is 2.47. The molecule has 0 aliphatic carbocycles. The van der Waals surface area contributed by atoms with Crippen LogP contribution in [-0.4, -0.2) is 35.2 Å². The summed E-state index contributed by atoms with van der Waals surface area (Å²) in [6.07, 6.45) is 3.13. The molecule has 1 aromatic carbocycles. The molecule has 1 aromatic heterocycles. The van der Waals surface area contributed by atoms with E-state index in [0.29, 0.717) is 5.75 Å². The van der Waals surface area contributed by atoms with Crippen molar-refractivity contribution >= 4 is 10.9 Å². The molecule has 2 aromatic rings. The van der Waals surface area contributed by atoms with Gasteiger partial charge in [-0.05, 0) is 45.1 Å². The number of likely N-dealkylation sites (N-methyl/N-ethyl adjacent to an activating group) is 1. The second kappa shape index (κ2) is 4.80. The van der Waals surface area contributed by atoms with Gasteiger partial charge in [0.2, 0.25) is 0 Å². The first-order valence-corrected chi connectivity index (χ1v) is 6.08. The SMILES string of the molecule is CCn1cc(CCN(C)C)c2c(O)cccc21. The highest BCUT2D eigenvalue weighted by Gasteiger charge is 2.11. The highest BCUT2D eigenvalue weighted by Crippen LogP contribution is 2.30. The Balaban J connectivity index is 2.47. The van der Waals surface area contributed by atoms with Gasteiger partial charge in [-0.3, -0.25) is 0 Å². The summed E-state index contributed by atoms with van der Waals surface area (Å²) in [5.74, 6) is 0.392. The molecule has 0 aliphatic heterocycles. The van der Waals surface area contributed by atoms with E-state index in [-0.39, 0.29) is 0 Å². The summed E-state index contributed by atoms with van der Waals surface area (Å²) in [6.45, 7) is 4.05. The third kappa shape index (κ3) is 2.29. The van der Waals surface area contributed by atoms with E-state index in [0.717, 1.165) is 30.4 Å². The summed E-state index contributed by atoms with van der Waals surface area (Å²) in [5.41, 5.74) is 2.36. The number of benzene rings is 1. The normalized spacial score (nSPS) is 11.5. The summed E-state index contributed by atoms with van der Waals surface area (Å²) in [7, 11) is 4.14. The summed E-state index contributed by atoms with van der Waals surface area (Å²) < 4.78 is 2.19. The molecule has 0 fully saturated rings. The molecular formula is C14H20N2O. The third-order valence-electron chi connectivity index (χ3n) is 3.13. The summed E-state index contributed by atoms with van der Waals surface area (Å²) in [5, 5.41) is 11.0. The van der Waals surface area contributed by atoms with Crippen molar-refractivity contribution in [2.24, 2.45) is 0 Å². The second-order valence-corrected chi connectivity index (χ2v) is 4.66. The maximum atomic E-state index is 10.00. The molecule has 0 radical (unpaired) electrons. The number of hydrogen-bond donors (Lipinski definition) is 1. The quantitative estimate of drug-likeness (QED) is 0.877. The zero-order chi connectivity index (χ0) is 12.4. The largest absolute Gasteiger partial charge is 0.507 e. The molecule has 0 saturated heterocycles. The van der Waals surface area contributed by atoms with Crippen LogP contribution in [0.25, 0.3) is 10.9 Å². The number of phenolic OH excluding ortho intramolecular Hbond substituents is 1. The van der Waals surface area contributed by atoms with Crippen molar-refractivity contribution in [1.29, 1.82) is 0 Å². The molecule has 0 aliphatic rings. The molecule has 2 rings (SSSR count). The molecule has 0 bridgehead atoms. The van der Waals surface area contributed by atoms with Crippen molar-refractivity contribution in [2.75, 3.05) is 20.6 Å². The lowest BCUT2D eigenvalue weighted by molar-refractivity contribution is 0.413. The number of aromatic nitrogens is 1. The Morgan fingerprint density at radius 3 is 2.71 bits per heavy atom. The van der Waals surface area contributed by atoms with Gasteiger partial charge in [-0.25, -0.2) is 0 Å². The van der Waals surface area contributed by atoms with Crippen LogP contribution in [0.5, 0.6) is 5.75 Å². The zero-order valence-corrected chi connectivity index (χ0v) is 10.8. The van der Waals surface area contributed by atoms with Crippen molar-refractivity contribution in [3.8, 4) is 5.75 Å². The molecule has 17 heavy (non-hydrogen) atoms. The lowest BCUT2D eigenvalue weighted by Gasteiger charge is -2.08. The fraction of sp³-hybridized carbons (Fsp3) is 0.429. The highest BCUT2D eigenvalue weighted by atomic mass is 16.3. The Bertz CT molecular complexity index is 514. The van der Waals surface area contributed by atoms with E-state index < -0.39 is 0 Å². The number of hydrogen-bond acceptors (Lipinski definition) is 2. The lowest BCUT2D eigenvalue weighted by Crippen LogP contribution is -2.14. The van der Waals surface area contributed by atoms with Crippen LogP contribution >= 0.6 is 0 Å². The molecule has 0 amide bonds. The van der Waals surface area contributed by atoms with Crippen molar-refractivity contribution in [3.05, 3.63) is 30.0 Å². The summed E-state index contributed by atoms with van der Waals surface area (Å²) >= 11 is 0. The van der Waals surface area contributed by atoms with E-state index in [1.54, 1.807) is 6.07 Å². The molecule has 3 nitrogen and oxygen atoms in total. The Hall–Kier alpha value is -1.48. The third-order valence-corrected chi connectivity index (χ3v) is 3.13. The lowest BCUT2D eigenvalue weighted by atomic mass is 10.1. The molecule has 3 heteroatoms. The summed E-state index contributed by atoms with van der Waals surface area (Å²) in [4.78, 5) is 2.16. The van der Waals surface area contributed by atoms with Gasteiger partial charge in [0.05, 0.1) is 5.52 Å². The first-order chi connectivity index (χ1) is 8.13. The number of fused-ring (bicyclic) bond motifs is 1. The Labute approximate surface area is 102 Å². The predicted molar refractivity (Wildman–Crippen MR) is 71.5 cm³/mol. The van der Waals surface area contributed by atoms with Crippen LogP contribution in [0.15, 0.2) is 24.4 Å². The molecule has 0 spiro atoms. The van der Waals surface area contributed by atoms with Crippen molar-refractivity contribution in [3.63, 3.8) is 0 Å². The van der Waals surface area contributed by atoms with Crippen LogP contribution in [0.1, 0.15) is 12.5 Å². The van der Waals surface area contributed by atoms with Gasteiger partial charge in [0.15, 0.2) is 0 Å². The van der Waals surface area contributed by atoms with Crippen LogP contribution in [-0.2, 0) is 13.0 Å². The molecule has 0 saturated carbocycles. The first kappa shape index (κ1) is 12.0. The van der Waals surface area contributed by atoms with E-state index in [9.17, 15) is 5.11 Å². The summed E-state index contributed by atoms with van der Waals surface area (Å²) in [6, 6.07) is 5.73. The van der Waals surface area contributed by atoms with E-state index in [1.165, 1.54) is 5.56 Å². The fourth-order valence-corrected chi connectivity index (χ4v) is 2.21. The van der Waals surface area contributed by atoms with Gasteiger partial charge >= 0.3 is 0 Å². The Morgan fingerprint density at radius 1 is 1.29 bits per heavy atom. The molecule has 92 valence electrons. The van der Waals surface area contributed by atoms with Crippen LogP contribution < -0.4 is 0 Å². The molecular weight excluding hydrogens is 212 g/mol. The van der Waals surface area contributed by atoms with E-state index in [2.05, 4.69) is 42.7 Å². The van der Waals surface area contributed by atoms with Crippen molar-refractivity contribution in [1.82, 2.24) is 9.47 Å². The molecule has 0 unspecified atom stereocenters. The van der Waals surface area contributed by atoms with Crippen LogP contribution in [0.2, 0.25) is 0 Å². The fourth-order valence-electron chi connectivity index (χ4n) is 2.21. The first-order valence-electron chi connectivity index (χ1n) is 6.08. The maximum Gasteiger partial charge on any atom is 0.125 e. The highest BCUT2D eigenvalue weighted by molar-refractivity contribution is 5.89.